The normalized spacial score (nSPS) is 20.3. The predicted octanol–water partition coefficient (Wildman–Crippen LogP) is 3.08. The predicted molar refractivity (Wildman–Crippen MR) is 74.4 cm³/mol. The minimum atomic E-state index is -0.333. The Kier molecular flexibility index (Phi) is 5.20. The van der Waals surface area contributed by atoms with Crippen LogP contribution < -0.4 is 0 Å². The van der Waals surface area contributed by atoms with Crippen LogP contribution in [0.2, 0.25) is 0 Å². The fraction of sp³-hybridized carbons (Fsp3) is 0.933. The molecule has 0 saturated carbocycles. The highest BCUT2D eigenvalue weighted by atomic mass is 16.5. The molecule has 1 fully saturated rings. The Hall–Kier alpha value is -0.570. The van der Waals surface area contributed by atoms with Gasteiger partial charge < -0.3 is 9.64 Å². The number of rotatable bonds is 3. The Bertz CT molecular complexity index is 273. The summed E-state index contributed by atoms with van der Waals surface area (Å²) in [6.45, 7) is 14.1. The minimum Gasteiger partial charge on any atom is -0.363 e. The lowest BCUT2D eigenvalue weighted by Gasteiger charge is -2.36. The van der Waals surface area contributed by atoms with Crippen LogP contribution in [-0.4, -0.2) is 35.6 Å². The van der Waals surface area contributed by atoms with E-state index in [2.05, 4.69) is 13.8 Å². The molecule has 0 radical (unpaired) electrons. The van der Waals surface area contributed by atoms with Crippen LogP contribution in [0.3, 0.4) is 0 Å². The van der Waals surface area contributed by atoms with Crippen LogP contribution in [0.15, 0.2) is 0 Å². The van der Waals surface area contributed by atoms with Crippen LogP contribution in [0.1, 0.15) is 54.4 Å². The number of piperidine rings is 1. The zero-order chi connectivity index (χ0) is 13.9. The Labute approximate surface area is 112 Å². The van der Waals surface area contributed by atoms with Crippen molar-refractivity contribution in [3.05, 3.63) is 0 Å². The SMILES string of the molecule is CC(OC(C)(C)C)C(=O)N1CCC(C(C)C)CC1. The van der Waals surface area contributed by atoms with Crippen molar-refractivity contribution in [2.24, 2.45) is 11.8 Å². The number of hydrogen-bond acceptors (Lipinski definition) is 2. The van der Waals surface area contributed by atoms with Gasteiger partial charge in [0.15, 0.2) is 0 Å². The Balaban J connectivity index is 2.45. The summed E-state index contributed by atoms with van der Waals surface area (Å²) in [6.07, 6.45) is 1.93. The summed E-state index contributed by atoms with van der Waals surface area (Å²) in [7, 11) is 0. The highest BCUT2D eigenvalue weighted by Crippen LogP contribution is 2.25. The molecule has 0 aliphatic carbocycles. The largest absolute Gasteiger partial charge is 0.363 e. The number of hydrogen-bond donors (Lipinski definition) is 0. The van der Waals surface area contributed by atoms with Crippen molar-refractivity contribution < 1.29 is 9.53 Å². The molecular weight excluding hydrogens is 226 g/mol. The fourth-order valence-electron chi connectivity index (χ4n) is 2.62. The molecule has 1 aliphatic rings. The van der Waals surface area contributed by atoms with Crippen molar-refractivity contribution in [1.82, 2.24) is 4.90 Å². The lowest BCUT2D eigenvalue weighted by Crippen LogP contribution is -2.46. The van der Waals surface area contributed by atoms with E-state index in [1.165, 1.54) is 0 Å². The Morgan fingerprint density at radius 3 is 2.06 bits per heavy atom. The fourth-order valence-corrected chi connectivity index (χ4v) is 2.62. The van der Waals surface area contributed by atoms with E-state index in [9.17, 15) is 4.79 Å². The molecular formula is C15H29NO2. The molecule has 1 rings (SSSR count). The third-order valence-electron chi connectivity index (χ3n) is 3.67. The van der Waals surface area contributed by atoms with Crippen molar-refractivity contribution in [3.8, 4) is 0 Å². The second-order valence-corrected chi connectivity index (χ2v) is 6.78. The van der Waals surface area contributed by atoms with Gasteiger partial charge in [-0.25, -0.2) is 0 Å². The molecule has 0 aromatic heterocycles. The number of carbonyl (C=O) groups excluding carboxylic acids is 1. The lowest BCUT2D eigenvalue weighted by molar-refractivity contribution is -0.152. The van der Waals surface area contributed by atoms with Crippen LogP contribution in [0.5, 0.6) is 0 Å². The number of nitrogens with zero attached hydrogens (tertiary/aromatic N) is 1. The van der Waals surface area contributed by atoms with Gasteiger partial charge in [0.1, 0.15) is 6.10 Å². The highest BCUT2D eigenvalue weighted by Gasteiger charge is 2.29. The summed E-state index contributed by atoms with van der Waals surface area (Å²) in [5.41, 5.74) is -0.259. The van der Waals surface area contributed by atoms with Crippen molar-refractivity contribution in [1.29, 1.82) is 0 Å². The highest BCUT2D eigenvalue weighted by molar-refractivity contribution is 5.80. The minimum absolute atomic E-state index is 0.145. The molecule has 1 unspecified atom stereocenters. The summed E-state index contributed by atoms with van der Waals surface area (Å²) < 4.78 is 5.74. The van der Waals surface area contributed by atoms with Gasteiger partial charge in [-0.3, -0.25) is 4.79 Å². The van der Waals surface area contributed by atoms with E-state index < -0.39 is 0 Å². The quantitative estimate of drug-likeness (QED) is 0.775. The first kappa shape index (κ1) is 15.5. The van der Waals surface area contributed by atoms with Crippen molar-refractivity contribution in [2.75, 3.05) is 13.1 Å². The van der Waals surface area contributed by atoms with E-state index in [-0.39, 0.29) is 17.6 Å². The van der Waals surface area contributed by atoms with Gasteiger partial charge in [-0.2, -0.15) is 0 Å². The molecule has 0 bridgehead atoms. The third kappa shape index (κ3) is 4.60. The molecule has 3 nitrogen and oxygen atoms in total. The molecule has 1 atom stereocenters. The molecule has 3 heteroatoms. The maximum atomic E-state index is 12.3. The van der Waals surface area contributed by atoms with Crippen LogP contribution in [0.25, 0.3) is 0 Å². The second-order valence-electron chi connectivity index (χ2n) is 6.78. The van der Waals surface area contributed by atoms with E-state index in [1.54, 1.807) is 0 Å². The monoisotopic (exact) mass is 255 g/mol. The first-order valence-electron chi connectivity index (χ1n) is 7.17. The molecule has 1 aliphatic heterocycles. The first-order valence-corrected chi connectivity index (χ1v) is 7.17. The van der Waals surface area contributed by atoms with E-state index >= 15 is 0 Å². The Morgan fingerprint density at radius 1 is 1.17 bits per heavy atom. The van der Waals surface area contributed by atoms with E-state index in [0.717, 1.165) is 37.8 Å². The molecule has 0 aromatic rings. The second kappa shape index (κ2) is 6.05. The van der Waals surface area contributed by atoms with E-state index in [4.69, 9.17) is 4.74 Å². The van der Waals surface area contributed by atoms with E-state index in [0.29, 0.717) is 0 Å². The molecule has 1 amide bonds. The van der Waals surface area contributed by atoms with Gasteiger partial charge >= 0.3 is 0 Å². The van der Waals surface area contributed by atoms with Crippen molar-refractivity contribution >= 4 is 5.91 Å². The summed E-state index contributed by atoms with van der Waals surface area (Å²) >= 11 is 0. The standard InChI is InChI=1S/C15H29NO2/c1-11(2)13-7-9-16(10-8-13)14(17)12(3)18-15(4,5)6/h11-13H,7-10H2,1-6H3. The van der Waals surface area contributed by atoms with Crippen molar-refractivity contribution in [2.45, 2.75) is 66.1 Å². The van der Waals surface area contributed by atoms with E-state index in [1.807, 2.05) is 32.6 Å². The number of ether oxygens (including phenoxy) is 1. The summed E-state index contributed by atoms with van der Waals surface area (Å²) in [6, 6.07) is 0. The molecule has 0 spiro atoms. The summed E-state index contributed by atoms with van der Waals surface area (Å²) in [4.78, 5) is 14.2. The van der Waals surface area contributed by atoms with Gasteiger partial charge in [0.05, 0.1) is 5.60 Å². The van der Waals surface area contributed by atoms with Gasteiger partial charge in [-0.15, -0.1) is 0 Å². The zero-order valence-corrected chi connectivity index (χ0v) is 12.8. The Morgan fingerprint density at radius 2 is 1.67 bits per heavy atom. The van der Waals surface area contributed by atoms with Gasteiger partial charge in [-0.1, -0.05) is 13.8 Å². The van der Waals surface area contributed by atoms with Gasteiger partial charge in [-0.05, 0) is 52.4 Å². The number of amides is 1. The summed E-state index contributed by atoms with van der Waals surface area (Å²) in [5.74, 6) is 1.64. The first-order chi connectivity index (χ1) is 8.20. The maximum absolute atomic E-state index is 12.3. The number of carbonyl (C=O) groups is 1. The molecule has 1 saturated heterocycles. The average molecular weight is 255 g/mol. The van der Waals surface area contributed by atoms with Crippen LogP contribution >= 0.6 is 0 Å². The van der Waals surface area contributed by atoms with Crippen LogP contribution in [-0.2, 0) is 9.53 Å². The summed E-state index contributed by atoms with van der Waals surface area (Å²) in [5, 5.41) is 0. The van der Waals surface area contributed by atoms with Gasteiger partial charge in [0.25, 0.3) is 5.91 Å². The van der Waals surface area contributed by atoms with Crippen molar-refractivity contribution in [3.63, 3.8) is 0 Å². The lowest BCUT2D eigenvalue weighted by atomic mass is 9.86. The number of likely N-dealkylation sites (tertiary alicyclic amines) is 1. The molecule has 0 aromatic carbocycles. The zero-order valence-electron chi connectivity index (χ0n) is 12.8. The van der Waals surface area contributed by atoms with Crippen LogP contribution in [0.4, 0.5) is 0 Å². The topological polar surface area (TPSA) is 29.5 Å². The maximum Gasteiger partial charge on any atom is 0.251 e. The van der Waals surface area contributed by atoms with Crippen LogP contribution in [0, 0.1) is 11.8 Å². The molecule has 18 heavy (non-hydrogen) atoms. The molecule has 1 heterocycles. The average Bonchev–Trinajstić information content (AvgIpc) is 2.26. The van der Waals surface area contributed by atoms with Gasteiger partial charge in [0.2, 0.25) is 0 Å². The molecule has 0 N–H and O–H groups in total. The molecule has 106 valence electrons. The third-order valence-corrected chi connectivity index (χ3v) is 3.67. The van der Waals surface area contributed by atoms with Gasteiger partial charge in [0, 0.05) is 13.1 Å². The smallest absolute Gasteiger partial charge is 0.251 e.